The van der Waals surface area contributed by atoms with Crippen molar-refractivity contribution in [1.29, 1.82) is 0 Å². The van der Waals surface area contributed by atoms with E-state index in [-0.39, 0.29) is 17.5 Å². The van der Waals surface area contributed by atoms with Crippen molar-refractivity contribution in [2.45, 2.75) is 52.0 Å². The van der Waals surface area contributed by atoms with Gasteiger partial charge in [0.1, 0.15) is 5.01 Å². The Labute approximate surface area is 145 Å². The number of rotatable bonds is 7. The van der Waals surface area contributed by atoms with Crippen LogP contribution in [-0.4, -0.2) is 31.1 Å². The van der Waals surface area contributed by atoms with Crippen molar-refractivity contribution < 1.29 is 15.3 Å². The van der Waals surface area contributed by atoms with E-state index >= 15 is 0 Å². The summed E-state index contributed by atoms with van der Waals surface area (Å²) in [6.07, 6.45) is 5.52. The molecule has 0 spiro atoms. The quantitative estimate of drug-likeness (QED) is 0.666. The highest BCUT2D eigenvalue weighted by Gasteiger charge is 2.13. The summed E-state index contributed by atoms with van der Waals surface area (Å²) >= 11 is 1.40. The van der Waals surface area contributed by atoms with Crippen molar-refractivity contribution in [1.82, 2.24) is 9.78 Å². The molecule has 2 rings (SSSR count). The molecule has 7 heteroatoms. The van der Waals surface area contributed by atoms with Gasteiger partial charge in [0.05, 0.1) is 6.04 Å². The molecule has 1 heterocycles. The summed E-state index contributed by atoms with van der Waals surface area (Å²) in [5, 5.41) is 33.8. The number of phenolic OH excluding ortho intramolecular Hbond substituents is 3. The lowest BCUT2D eigenvalue weighted by molar-refractivity contribution is 0.368. The number of unbranched alkanes of at least 4 members (excludes halogenated alkanes) is 1. The Morgan fingerprint density at radius 1 is 1.12 bits per heavy atom. The van der Waals surface area contributed by atoms with Crippen LogP contribution < -0.4 is 4.80 Å². The predicted octanol–water partition coefficient (Wildman–Crippen LogP) is 3.53. The lowest BCUT2D eigenvalue weighted by Crippen LogP contribution is -2.17. The van der Waals surface area contributed by atoms with Crippen LogP contribution in [-0.2, 0) is 7.05 Å². The van der Waals surface area contributed by atoms with E-state index in [0.29, 0.717) is 10.6 Å². The number of nitrogens with zero attached hydrogens (tertiary/aromatic N) is 3. The fourth-order valence-corrected chi connectivity index (χ4v) is 3.46. The van der Waals surface area contributed by atoms with Gasteiger partial charge in [-0.25, -0.2) is 4.68 Å². The van der Waals surface area contributed by atoms with Gasteiger partial charge in [0.15, 0.2) is 17.2 Å². The summed E-state index contributed by atoms with van der Waals surface area (Å²) in [5.41, 5.74) is 0.547. The zero-order valence-electron chi connectivity index (χ0n) is 14.4. The second-order valence-electron chi connectivity index (χ2n) is 5.89. The largest absolute Gasteiger partial charge is 0.504 e. The van der Waals surface area contributed by atoms with Crippen LogP contribution in [0.5, 0.6) is 17.2 Å². The van der Waals surface area contributed by atoms with Gasteiger partial charge in [0, 0.05) is 12.6 Å². The molecule has 0 saturated heterocycles. The summed E-state index contributed by atoms with van der Waals surface area (Å²) in [4.78, 5) is 5.65. The normalized spacial score (nSPS) is 13.4. The predicted molar refractivity (Wildman–Crippen MR) is 95.3 cm³/mol. The van der Waals surface area contributed by atoms with Crippen LogP contribution in [0, 0.1) is 0 Å². The van der Waals surface area contributed by atoms with E-state index in [4.69, 9.17) is 4.99 Å². The zero-order chi connectivity index (χ0) is 17.7. The third-order valence-corrected chi connectivity index (χ3v) is 4.89. The number of benzene rings is 1. The molecule has 24 heavy (non-hydrogen) atoms. The molecule has 0 aliphatic rings. The minimum Gasteiger partial charge on any atom is -0.504 e. The second-order valence-corrected chi connectivity index (χ2v) is 6.85. The first-order valence-electron chi connectivity index (χ1n) is 8.29. The van der Waals surface area contributed by atoms with Gasteiger partial charge in [-0.1, -0.05) is 44.4 Å². The van der Waals surface area contributed by atoms with E-state index in [1.54, 1.807) is 4.68 Å². The number of hydrogen-bond donors (Lipinski definition) is 3. The van der Waals surface area contributed by atoms with Gasteiger partial charge in [-0.3, -0.25) is 4.99 Å². The van der Waals surface area contributed by atoms with Crippen molar-refractivity contribution in [3.63, 3.8) is 0 Å². The van der Waals surface area contributed by atoms with E-state index in [0.717, 1.165) is 36.9 Å². The maximum absolute atomic E-state index is 9.67. The monoisotopic (exact) mass is 351 g/mol. The number of aromatic hydroxyl groups is 3. The van der Waals surface area contributed by atoms with Gasteiger partial charge in [-0.05, 0) is 25.0 Å². The molecular weight excluding hydrogens is 326 g/mol. The van der Waals surface area contributed by atoms with Crippen LogP contribution in [0.15, 0.2) is 17.1 Å². The summed E-state index contributed by atoms with van der Waals surface area (Å²) in [6.45, 7) is 4.34. The second kappa shape index (κ2) is 8.19. The highest BCUT2D eigenvalue weighted by Crippen LogP contribution is 2.38. The lowest BCUT2D eigenvalue weighted by atomic mass is 10.1. The number of aromatic nitrogens is 2. The molecule has 132 valence electrons. The Morgan fingerprint density at radius 3 is 2.38 bits per heavy atom. The average Bonchev–Trinajstić information content (AvgIpc) is 2.91. The van der Waals surface area contributed by atoms with Crippen molar-refractivity contribution in [3.8, 4) is 27.8 Å². The number of aryl methyl sites for hydroxylation is 1. The van der Waals surface area contributed by atoms with Gasteiger partial charge >= 0.3 is 0 Å². The topological polar surface area (TPSA) is 90.9 Å². The Kier molecular flexibility index (Phi) is 6.25. The van der Waals surface area contributed by atoms with Crippen molar-refractivity contribution in [3.05, 3.63) is 16.9 Å². The molecule has 0 radical (unpaired) electrons. The summed E-state index contributed by atoms with van der Waals surface area (Å²) in [6, 6.07) is 3.06. The maximum atomic E-state index is 9.67. The molecule has 1 atom stereocenters. The first-order chi connectivity index (χ1) is 11.5. The Hall–Kier alpha value is -2.02. The molecule has 1 aromatic carbocycles. The number of hydrogen-bond acceptors (Lipinski definition) is 6. The molecule has 0 aliphatic carbocycles. The molecule has 0 bridgehead atoms. The molecule has 6 nitrogen and oxygen atoms in total. The van der Waals surface area contributed by atoms with E-state index in [2.05, 4.69) is 18.9 Å². The third kappa shape index (κ3) is 4.29. The highest BCUT2D eigenvalue weighted by molar-refractivity contribution is 7.12. The van der Waals surface area contributed by atoms with Gasteiger partial charge in [0.25, 0.3) is 0 Å². The SMILES string of the molecule is CCCCC(CCC)N=c1sc(-c2cc(O)c(O)c(O)c2)nn1C. The maximum Gasteiger partial charge on any atom is 0.203 e. The third-order valence-electron chi connectivity index (χ3n) is 3.83. The molecule has 3 N–H and O–H groups in total. The van der Waals surface area contributed by atoms with Crippen LogP contribution in [0.25, 0.3) is 10.6 Å². The van der Waals surface area contributed by atoms with E-state index in [9.17, 15) is 15.3 Å². The molecule has 0 amide bonds. The minimum atomic E-state index is -0.521. The van der Waals surface area contributed by atoms with Crippen molar-refractivity contribution in [2.24, 2.45) is 12.0 Å². The Morgan fingerprint density at radius 2 is 1.79 bits per heavy atom. The smallest absolute Gasteiger partial charge is 0.203 e. The van der Waals surface area contributed by atoms with E-state index in [1.165, 1.54) is 23.5 Å². The molecular formula is C17H25N3O3S. The molecule has 0 aliphatic heterocycles. The zero-order valence-corrected chi connectivity index (χ0v) is 15.2. The average molecular weight is 351 g/mol. The minimum absolute atomic E-state index is 0.288. The van der Waals surface area contributed by atoms with Gasteiger partial charge in [-0.15, -0.1) is 0 Å². The Bertz CT molecular complexity index is 729. The summed E-state index contributed by atoms with van der Waals surface area (Å²) < 4.78 is 1.72. The van der Waals surface area contributed by atoms with Crippen LogP contribution >= 0.6 is 11.3 Å². The number of phenols is 3. The van der Waals surface area contributed by atoms with Crippen LogP contribution in [0.3, 0.4) is 0 Å². The van der Waals surface area contributed by atoms with Crippen molar-refractivity contribution >= 4 is 11.3 Å². The van der Waals surface area contributed by atoms with Crippen LogP contribution in [0.2, 0.25) is 0 Å². The molecule has 1 aromatic heterocycles. The van der Waals surface area contributed by atoms with E-state index < -0.39 is 5.75 Å². The van der Waals surface area contributed by atoms with Gasteiger partial charge in [-0.2, -0.15) is 5.10 Å². The summed E-state index contributed by atoms with van der Waals surface area (Å²) in [7, 11) is 1.84. The van der Waals surface area contributed by atoms with Crippen molar-refractivity contribution in [2.75, 3.05) is 0 Å². The molecule has 0 saturated carbocycles. The Balaban J connectivity index is 2.37. The fraction of sp³-hybridized carbons (Fsp3) is 0.529. The highest BCUT2D eigenvalue weighted by atomic mass is 32.1. The first kappa shape index (κ1) is 18.3. The summed E-state index contributed by atoms with van der Waals surface area (Å²) in [5.74, 6) is -1.26. The van der Waals surface area contributed by atoms with Gasteiger partial charge < -0.3 is 15.3 Å². The molecule has 2 aromatic rings. The van der Waals surface area contributed by atoms with Crippen LogP contribution in [0.1, 0.15) is 46.0 Å². The van der Waals surface area contributed by atoms with Gasteiger partial charge in [0.2, 0.25) is 4.80 Å². The molecule has 0 fully saturated rings. The standard InChI is InChI=1S/C17H25N3O3S/c1-4-6-8-12(7-5-2)18-17-20(3)19-16(24-17)11-9-13(21)15(23)14(22)10-11/h9-10,12,21-23H,4-8H2,1-3H3. The molecule has 1 unspecified atom stereocenters. The first-order valence-corrected chi connectivity index (χ1v) is 9.11. The fourth-order valence-electron chi connectivity index (χ4n) is 2.51. The van der Waals surface area contributed by atoms with Crippen LogP contribution in [0.4, 0.5) is 0 Å². The lowest BCUT2D eigenvalue weighted by Gasteiger charge is -2.09. The van der Waals surface area contributed by atoms with E-state index in [1.807, 2.05) is 7.05 Å².